The molecule has 2 N–H and O–H groups in total. The molecule has 0 unspecified atom stereocenters. The van der Waals surface area contributed by atoms with Crippen molar-refractivity contribution in [3.05, 3.63) is 60.2 Å². The minimum Gasteiger partial charge on any atom is -0.486 e. The third-order valence-electron chi connectivity index (χ3n) is 3.56. The van der Waals surface area contributed by atoms with Crippen LogP contribution in [0.2, 0.25) is 0 Å². The predicted molar refractivity (Wildman–Crippen MR) is 87.7 cm³/mol. The van der Waals surface area contributed by atoms with E-state index in [4.69, 9.17) is 9.47 Å². The highest BCUT2D eigenvalue weighted by atomic mass is 16.6. The Hall–Kier alpha value is -3.02. The van der Waals surface area contributed by atoms with E-state index >= 15 is 0 Å². The Morgan fingerprint density at radius 3 is 2.38 bits per heavy atom. The highest BCUT2D eigenvalue weighted by molar-refractivity contribution is 6.35. The molecule has 2 aromatic carbocycles. The van der Waals surface area contributed by atoms with E-state index in [0.717, 1.165) is 5.56 Å². The Morgan fingerprint density at radius 2 is 1.58 bits per heavy atom. The molecule has 0 aliphatic carbocycles. The normalized spacial score (nSPS) is 15.4. The lowest BCUT2D eigenvalue weighted by atomic mass is 10.2. The number of hydrogen-bond donors (Lipinski definition) is 2. The molecule has 6 heteroatoms. The first-order valence-electron chi connectivity index (χ1n) is 7.71. The standard InChI is InChI=1S/C18H18N2O4/c21-17(19-10-13-6-2-1-3-7-13)18(22)20-11-14-12-23-15-8-4-5-9-16(15)24-14/h1-9,14H,10-12H2,(H,19,21)(H,20,22)/t14-/m0/s1. The fraction of sp³-hybridized carbons (Fsp3) is 0.222. The highest BCUT2D eigenvalue weighted by Crippen LogP contribution is 2.30. The highest BCUT2D eigenvalue weighted by Gasteiger charge is 2.22. The molecule has 3 rings (SSSR count). The van der Waals surface area contributed by atoms with Crippen molar-refractivity contribution in [3.8, 4) is 11.5 Å². The SMILES string of the molecule is O=C(NCc1ccccc1)C(=O)NC[C@H]1COc2ccccc2O1. The van der Waals surface area contributed by atoms with Gasteiger partial charge in [-0.1, -0.05) is 42.5 Å². The zero-order valence-electron chi connectivity index (χ0n) is 13.0. The number of ether oxygens (including phenoxy) is 2. The van der Waals surface area contributed by atoms with Crippen LogP contribution in [0.25, 0.3) is 0 Å². The maximum Gasteiger partial charge on any atom is 0.309 e. The summed E-state index contributed by atoms with van der Waals surface area (Å²) < 4.78 is 11.3. The van der Waals surface area contributed by atoms with Crippen LogP contribution in [0.15, 0.2) is 54.6 Å². The van der Waals surface area contributed by atoms with Crippen molar-refractivity contribution in [2.75, 3.05) is 13.2 Å². The molecule has 0 bridgehead atoms. The summed E-state index contributed by atoms with van der Waals surface area (Å²) in [5, 5.41) is 5.14. The molecule has 124 valence electrons. The van der Waals surface area contributed by atoms with Crippen molar-refractivity contribution >= 4 is 11.8 Å². The van der Waals surface area contributed by atoms with Crippen molar-refractivity contribution in [2.24, 2.45) is 0 Å². The number of carbonyl (C=O) groups excluding carboxylic acids is 2. The lowest BCUT2D eigenvalue weighted by Crippen LogP contribution is -2.45. The molecule has 0 spiro atoms. The lowest BCUT2D eigenvalue weighted by Gasteiger charge is -2.26. The summed E-state index contributed by atoms with van der Waals surface area (Å²) in [4.78, 5) is 23.6. The number of benzene rings is 2. The van der Waals surface area contributed by atoms with E-state index in [-0.39, 0.29) is 12.6 Å². The van der Waals surface area contributed by atoms with Gasteiger partial charge in [0.05, 0.1) is 6.54 Å². The number of para-hydroxylation sites is 2. The molecule has 1 atom stereocenters. The van der Waals surface area contributed by atoms with Crippen LogP contribution >= 0.6 is 0 Å². The van der Waals surface area contributed by atoms with Gasteiger partial charge in [0.1, 0.15) is 12.7 Å². The van der Waals surface area contributed by atoms with Crippen molar-refractivity contribution in [3.63, 3.8) is 0 Å². The summed E-state index contributed by atoms with van der Waals surface area (Å²) >= 11 is 0. The Balaban J connectivity index is 1.43. The van der Waals surface area contributed by atoms with Gasteiger partial charge in [0, 0.05) is 6.54 Å². The van der Waals surface area contributed by atoms with Crippen LogP contribution < -0.4 is 20.1 Å². The molecule has 1 aliphatic heterocycles. The molecule has 1 heterocycles. The fourth-order valence-electron chi connectivity index (χ4n) is 2.31. The third-order valence-corrected chi connectivity index (χ3v) is 3.56. The Kier molecular flexibility index (Phi) is 4.96. The van der Waals surface area contributed by atoms with E-state index in [2.05, 4.69) is 10.6 Å². The summed E-state index contributed by atoms with van der Waals surface area (Å²) in [7, 11) is 0. The van der Waals surface area contributed by atoms with Gasteiger partial charge in [-0.3, -0.25) is 9.59 Å². The van der Waals surface area contributed by atoms with Gasteiger partial charge in [-0.15, -0.1) is 0 Å². The summed E-state index contributed by atoms with van der Waals surface area (Å²) in [6.07, 6.45) is -0.328. The summed E-state index contributed by atoms with van der Waals surface area (Å²) in [6, 6.07) is 16.7. The number of nitrogens with one attached hydrogen (secondary N) is 2. The molecular formula is C18H18N2O4. The van der Waals surface area contributed by atoms with Crippen LogP contribution in [0.1, 0.15) is 5.56 Å². The van der Waals surface area contributed by atoms with Crippen LogP contribution in [0.3, 0.4) is 0 Å². The molecule has 2 aromatic rings. The third kappa shape index (κ3) is 4.04. The molecule has 1 aliphatic rings. The van der Waals surface area contributed by atoms with Crippen LogP contribution in [0.5, 0.6) is 11.5 Å². The van der Waals surface area contributed by atoms with Gasteiger partial charge in [0.25, 0.3) is 0 Å². The first kappa shape index (κ1) is 15.9. The summed E-state index contributed by atoms with van der Waals surface area (Å²) in [5.74, 6) is -0.0402. The zero-order chi connectivity index (χ0) is 16.8. The van der Waals surface area contributed by atoms with Gasteiger partial charge in [0.2, 0.25) is 0 Å². The summed E-state index contributed by atoms with van der Waals surface area (Å²) in [5.41, 5.74) is 0.930. The van der Waals surface area contributed by atoms with E-state index in [9.17, 15) is 9.59 Å². The number of amides is 2. The second-order valence-electron chi connectivity index (χ2n) is 5.38. The molecule has 0 aromatic heterocycles. The van der Waals surface area contributed by atoms with Gasteiger partial charge in [-0.25, -0.2) is 0 Å². The lowest BCUT2D eigenvalue weighted by molar-refractivity contribution is -0.139. The van der Waals surface area contributed by atoms with E-state index < -0.39 is 11.8 Å². The monoisotopic (exact) mass is 326 g/mol. The van der Waals surface area contributed by atoms with E-state index in [1.165, 1.54) is 0 Å². The van der Waals surface area contributed by atoms with Crippen molar-refractivity contribution in [1.29, 1.82) is 0 Å². The fourth-order valence-corrected chi connectivity index (χ4v) is 2.31. The second kappa shape index (κ2) is 7.50. The molecular weight excluding hydrogens is 308 g/mol. The van der Waals surface area contributed by atoms with Crippen LogP contribution in [-0.2, 0) is 16.1 Å². The smallest absolute Gasteiger partial charge is 0.309 e. The maximum atomic E-state index is 11.8. The van der Waals surface area contributed by atoms with Gasteiger partial charge in [-0.05, 0) is 17.7 Å². The van der Waals surface area contributed by atoms with Gasteiger partial charge < -0.3 is 20.1 Å². The topological polar surface area (TPSA) is 76.7 Å². The minimum atomic E-state index is -0.687. The minimum absolute atomic E-state index is 0.200. The number of fused-ring (bicyclic) bond motifs is 1. The average molecular weight is 326 g/mol. The van der Waals surface area contributed by atoms with Gasteiger partial charge in [0.15, 0.2) is 11.5 Å². The van der Waals surface area contributed by atoms with Crippen LogP contribution in [0.4, 0.5) is 0 Å². The number of hydrogen-bond acceptors (Lipinski definition) is 4. The van der Waals surface area contributed by atoms with E-state index in [0.29, 0.717) is 24.7 Å². The molecule has 2 amide bonds. The van der Waals surface area contributed by atoms with Crippen LogP contribution in [0, 0.1) is 0 Å². The second-order valence-corrected chi connectivity index (χ2v) is 5.38. The molecule has 0 radical (unpaired) electrons. The van der Waals surface area contributed by atoms with Crippen molar-refractivity contribution < 1.29 is 19.1 Å². The first-order valence-corrected chi connectivity index (χ1v) is 7.71. The molecule has 24 heavy (non-hydrogen) atoms. The number of carbonyl (C=O) groups is 2. The van der Waals surface area contributed by atoms with Crippen molar-refractivity contribution in [2.45, 2.75) is 12.6 Å². The molecule has 0 saturated heterocycles. The number of rotatable bonds is 4. The van der Waals surface area contributed by atoms with E-state index in [1.54, 1.807) is 6.07 Å². The zero-order valence-corrected chi connectivity index (χ0v) is 13.0. The quantitative estimate of drug-likeness (QED) is 0.829. The van der Waals surface area contributed by atoms with Gasteiger partial charge in [-0.2, -0.15) is 0 Å². The summed E-state index contributed by atoms with van der Waals surface area (Å²) in [6.45, 7) is 0.832. The first-order chi connectivity index (χ1) is 11.7. The van der Waals surface area contributed by atoms with Crippen molar-refractivity contribution in [1.82, 2.24) is 10.6 Å². The Labute approximate surface area is 139 Å². The molecule has 6 nitrogen and oxygen atoms in total. The van der Waals surface area contributed by atoms with Crippen LogP contribution in [-0.4, -0.2) is 31.1 Å². The largest absolute Gasteiger partial charge is 0.486 e. The predicted octanol–water partition coefficient (Wildman–Crippen LogP) is 1.26. The van der Waals surface area contributed by atoms with E-state index in [1.807, 2.05) is 48.5 Å². The Bertz CT molecular complexity index is 718. The molecule has 0 saturated carbocycles. The Morgan fingerprint density at radius 1 is 0.917 bits per heavy atom. The average Bonchev–Trinajstić information content (AvgIpc) is 2.64. The maximum absolute atomic E-state index is 11.8. The van der Waals surface area contributed by atoms with Gasteiger partial charge >= 0.3 is 11.8 Å². The molecule has 0 fully saturated rings.